The Kier molecular flexibility index (Phi) is 5.01. The Balaban J connectivity index is 1.66. The largest absolute Gasteiger partial charge is 0.469 e. The molecule has 0 radical (unpaired) electrons. The van der Waals surface area contributed by atoms with E-state index in [1.54, 1.807) is 12.3 Å². The van der Waals surface area contributed by atoms with Crippen molar-refractivity contribution in [2.45, 2.75) is 44.7 Å². The summed E-state index contributed by atoms with van der Waals surface area (Å²) in [6, 6.07) is 4.14. The van der Waals surface area contributed by atoms with E-state index in [9.17, 15) is 8.42 Å². The number of hydrogen-bond donors (Lipinski definition) is 2. The maximum Gasteiger partial charge on any atom is 0.211 e. The number of furan rings is 1. The predicted octanol–water partition coefficient (Wildman–Crippen LogP) is 1.27. The van der Waals surface area contributed by atoms with Crippen LogP contribution >= 0.6 is 0 Å². The van der Waals surface area contributed by atoms with E-state index in [0.29, 0.717) is 18.9 Å². The van der Waals surface area contributed by atoms with Gasteiger partial charge in [-0.25, -0.2) is 13.1 Å². The highest BCUT2D eigenvalue weighted by atomic mass is 32.2. The standard InChI is InChI=1S/C13H22N2O3S/c1-11(10-13-4-2-8-18-13)15-19(16,17)9-3-7-14-12-5-6-12/h2,4,8,11-12,14-15H,3,5-7,9-10H2,1H3. The monoisotopic (exact) mass is 286 g/mol. The molecule has 6 heteroatoms. The van der Waals surface area contributed by atoms with Gasteiger partial charge in [-0.15, -0.1) is 0 Å². The Labute approximate surface area is 114 Å². The third-order valence-electron chi connectivity index (χ3n) is 3.07. The Morgan fingerprint density at radius 3 is 2.89 bits per heavy atom. The molecule has 19 heavy (non-hydrogen) atoms. The highest BCUT2D eigenvalue weighted by Gasteiger charge is 2.20. The van der Waals surface area contributed by atoms with Crippen LogP contribution in [0.5, 0.6) is 0 Å². The zero-order chi connectivity index (χ0) is 13.7. The van der Waals surface area contributed by atoms with Crippen LogP contribution in [-0.4, -0.2) is 32.8 Å². The van der Waals surface area contributed by atoms with Gasteiger partial charge in [-0.1, -0.05) is 0 Å². The Morgan fingerprint density at radius 2 is 2.26 bits per heavy atom. The van der Waals surface area contributed by atoms with Crippen molar-refractivity contribution < 1.29 is 12.8 Å². The maximum absolute atomic E-state index is 11.9. The molecule has 1 fully saturated rings. The summed E-state index contributed by atoms with van der Waals surface area (Å²) in [5, 5.41) is 3.31. The average Bonchev–Trinajstić information content (AvgIpc) is 3.01. The molecule has 5 nitrogen and oxygen atoms in total. The van der Waals surface area contributed by atoms with Gasteiger partial charge in [-0.3, -0.25) is 0 Å². The first-order valence-electron chi connectivity index (χ1n) is 6.81. The van der Waals surface area contributed by atoms with Crippen molar-refractivity contribution in [1.82, 2.24) is 10.0 Å². The molecule has 0 amide bonds. The molecular weight excluding hydrogens is 264 g/mol. The highest BCUT2D eigenvalue weighted by Crippen LogP contribution is 2.18. The molecular formula is C13H22N2O3S. The molecule has 1 heterocycles. The fourth-order valence-electron chi connectivity index (χ4n) is 1.99. The van der Waals surface area contributed by atoms with Crippen LogP contribution in [0, 0.1) is 0 Å². The van der Waals surface area contributed by atoms with Gasteiger partial charge in [0.15, 0.2) is 0 Å². The zero-order valence-electron chi connectivity index (χ0n) is 11.3. The zero-order valence-corrected chi connectivity index (χ0v) is 12.1. The lowest BCUT2D eigenvalue weighted by molar-refractivity contribution is 0.478. The lowest BCUT2D eigenvalue weighted by Crippen LogP contribution is -2.36. The van der Waals surface area contributed by atoms with E-state index in [1.165, 1.54) is 12.8 Å². The summed E-state index contributed by atoms with van der Waals surface area (Å²) in [4.78, 5) is 0. The second kappa shape index (κ2) is 6.54. The molecule has 0 bridgehead atoms. The summed E-state index contributed by atoms with van der Waals surface area (Å²) in [7, 11) is -3.19. The van der Waals surface area contributed by atoms with Gasteiger partial charge in [0.05, 0.1) is 12.0 Å². The molecule has 2 N–H and O–H groups in total. The van der Waals surface area contributed by atoms with Gasteiger partial charge < -0.3 is 9.73 Å². The van der Waals surface area contributed by atoms with Crippen LogP contribution in [0.3, 0.4) is 0 Å². The van der Waals surface area contributed by atoms with Crippen molar-refractivity contribution in [3.8, 4) is 0 Å². The van der Waals surface area contributed by atoms with Crippen molar-refractivity contribution in [3.05, 3.63) is 24.2 Å². The summed E-state index contributed by atoms with van der Waals surface area (Å²) >= 11 is 0. The van der Waals surface area contributed by atoms with E-state index in [-0.39, 0.29) is 11.8 Å². The summed E-state index contributed by atoms with van der Waals surface area (Å²) < 4.78 is 31.6. The number of rotatable bonds is 9. The van der Waals surface area contributed by atoms with Crippen molar-refractivity contribution >= 4 is 10.0 Å². The fourth-order valence-corrected chi connectivity index (χ4v) is 3.33. The Bertz CT molecular complexity index is 466. The van der Waals surface area contributed by atoms with Crippen molar-refractivity contribution in [2.24, 2.45) is 0 Å². The molecule has 0 aliphatic heterocycles. The lowest BCUT2D eigenvalue weighted by Gasteiger charge is -2.13. The van der Waals surface area contributed by atoms with Gasteiger partial charge in [0.2, 0.25) is 10.0 Å². The van der Waals surface area contributed by atoms with Crippen LogP contribution in [0.1, 0.15) is 31.9 Å². The lowest BCUT2D eigenvalue weighted by atomic mass is 10.2. The third kappa shape index (κ3) is 5.76. The van der Waals surface area contributed by atoms with Crippen molar-refractivity contribution in [2.75, 3.05) is 12.3 Å². The highest BCUT2D eigenvalue weighted by molar-refractivity contribution is 7.89. The van der Waals surface area contributed by atoms with Gasteiger partial charge in [0.25, 0.3) is 0 Å². The van der Waals surface area contributed by atoms with Crippen molar-refractivity contribution in [1.29, 1.82) is 0 Å². The maximum atomic E-state index is 11.9. The van der Waals surface area contributed by atoms with E-state index in [0.717, 1.165) is 12.3 Å². The van der Waals surface area contributed by atoms with Gasteiger partial charge in [0.1, 0.15) is 5.76 Å². The van der Waals surface area contributed by atoms with Crippen LogP contribution in [0.15, 0.2) is 22.8 Å². The molecule has 108 valence electrons. The third-order valence-corrected chi connectivity index (χ3v) is 4.66. The first kappa shape index (κ1) is 14.6. The molecule has 1 aliphatic carbocycles. The molecule has 1 aliphatic rings. The van der Waals surface area contributed by atoms with Gasteiger partial charge in [-0.2, -0.15) is 0 Å². The second-order valence-electron chi connectivity index (χ2n) is 5.20. The first-order valence-corrected chi connectivity index (χ1v) is 8.46. The number of nitrogens with one attached hydrogen (secondary N) is 2. The van der Waals surface area contributed by atoms with E-state index >= 15 is 0 Å². The van der Waals surface area contributed by atoms with E-state index in [1.807, 2.05) is 13.0 Å². The minimum atomic E-state index is -3.19. The Morgan fingerprint density at radius 1 is 1.47 bits per heavy atom. The molecule has 1 aromatic heterocycles. The smallest absolute Gasteiger partial charge is 0.211 e. The van der Waals surface area contributed by atoms with Crippen LogP contribution in [-0.2, 0) is 16.4 Å². The average molecular weight is 286 g/mol. The van der Waals surface area contributed by atoms with Gasteiger partial charge in [0, 0.05) is 18.5 Å². The van der Waals surface area contributed by atoms with Gasteiger partial charge >= 0.3 is 0 Å². The molecule has 0 aromatic carbocycles. The molecule has 1 saturated carbocycles. The Hall–Kier alpha value is -0.850. The number of sulfonamides is 1. The van der Waals surface area contributed by atoms with Crippen molar-refractivity contribution in [3.63, 3.8) is 0 Å². The summed E-state index contributed by atoms with van der Waals surface area (Å²) in [5.41, 5.74) is 0. The summed E-state index contributed by atoms with van der Waals surface area (Å²) in [6.07, 6.45) is 5.28. The van der Waals surface area contributed by atoms with Gasteiger partial charge in [-0.05, 0) is 44.9 Å². The normalized spacial score (nSPS) is 17.5. The summed E-state index contributed by atoms with van der Waals surface area (Å²) in [5.74, 6) is 0.973. The predicted molar refractivity (Wildman–Crippen MR) is 74.4 cm³/mol. The van der Waals surface area contributed by atoms with E-state index < -0.39 is 10.0 Å². The molecule has 1 unspecified atom stereocenters. The van der Waals surface area contributed by atoms with Crippen LogP contribution in [0.2, 0.25) is 0 Å². The quantitative estimate of drug-likeness (QED) is 0.671. The summed E-state index contributed by atoms with van der Waals surface area (Å²) in [6.45, 7) is 2.63. The SMILES string of the molecule is CC(Cc1ccco1)NS(=O)(=O)CCCNC1CC1. The van der Waals surface area contributed by atoms with Crippen LogP contribution in [0.4, 0.5) is 0 Å². The minimum Gasteiger partial charge on any atom is -0.469 e. The van der Waals surface area contributed by atoms with E-state index in [2.05, 4.69) is 10.0 Å². The molecule has 0 spiro atoms. The fraction of sp³-hybridized carbons (Fsp3) is 0.692. The molecule has 0 saturated heterocycles. The van der Waals surface area contributed by atoms with Crippen LogP contribution < -0.4 is 10.0 Å². The first-order chi connectivity index (χ1) is 9.05. The number of hydrogen-bond acceptors (Lipinski definition) is 4. The second-order valence-corrected chi connectivity index (χ2v) is 7.08. The topological polar surface area (TPSA) is 71.3 Å². The molecule has 1 aromatic rings. The molecule has 2 rings (SSSR count). The molecule has 1 atom stereocenters. The van der Waals surface area contributed by atoms with Crippen LogP contribution in [0.25, 0.3) is 0 Å². The van der Waals surface area contributed by atoms with E-state index in [4.69, 9.17) is 4.42 Å². The minimum absolute atomic E-state index is 0.146.